The van der Waals surface area contributed by atoms with Crippen molar-refractivity contribution in [2.75, 3.05) is 6.54 Å². The molecule has 1 saturated heterocycles. The van der Waals surface area contributed by atoms with Crippen LogP contribution in [0, 0.1) is 5.92 Å². The van der Waals surface area contributed by atoms with E-state index >= 15 is 0 Å². The van der Waals surface area contributed by atoms with Gasteiger partial charge in [0.15, 0.2) is 0 Å². The van der Waals surface area contributed by atoms with E-state index in [1.54, 1.807) is 6.07 Å². The summed E-state index contributed by atoms with van der Waals surface area (Å²) >= 11 is 11.6. The Kier molecular flexibility index (Phi) is 2.41. The van der Waals surface area contributed by atoms with E-state index in [-0.39, 0.29) is 5.91 Å². The monoisotopic (exact) mass is 258 g/mol. The zero-order chi connectivity index (χ0) is 11.3. The Morgan fingerprint density at radius 2 is 2.25 bits per heavy atom. The van der Waals surface area contributed by atoms with Crippen LogP contribution in [0.25, 0.3) is 0 Å². The summed E-state index contributed by atoms with van der Waals surface area (Å²) in [6.07, 6.45) is 3.64. The van der Waals surface area contributed by atoms with Gasteiger partial charge in [-0.25, -0.2) is 0 Å². The lowest BCUT2D eigenvalue weighted by Crippen LogP contribution is -2.56. The highest BCUT2D eigenvalue weighted by molar-refractivity contribution is 6.41. The van der Waals surface area contributed by atoms with Gasteiger partial charge in [0.05, 0.1) is 5.02 Å². The number of carbonyl (C=O) groups is 1. The number of aromatic amines is 1. The standard InChI is InChI=1S/C11H12Cl2N2O/c12-7-4-8(14-10(7)13)11(16)15-5-6-2-1-3-9(6)15/h4,6,9,14H,1-3,5H2. The van der Waals surface area contributed by atoms with Gasteiger partial charge in [-0.2, -0.15) is 0 Å². The molecule has 0 radical (unpaired) electrons. The fourth-order valence-electron chi connectivity index (χ4n) is 2.80. The minimum absolute atomic E-state index is 0.0250. The fraction of sp³-hybridized carbons (Fsp3) is 0.545. The van der Waals surface area contributed by atoms with Crippen LogP contribution in [0.15, 0.2) is 6.07 Å². The minimum atomic E-state index is 0.0250. The number of carbonyl (C=O) groups excluding carboxylic acids is 1. The number of likely N-dealkylation sites (tertiary alicyclic amines) is 1. The lowest BCUT2D eigenvalue weighted by molar-refractivity contribution is 0.0264. The fourth-order valence-corrected chi connectivity index (χ4v) is 3.11. The molecular weight excluding hydrogens is 247 g/mol. The SMILES string of the molecule is O=C(c1cc(Cl)c(Cl)[nH]1)N1CC2CCCC21. The first-order chi connectivity index (χ1) is 7.66. The Balaban J connectivity index is 1.78. The van der Waals surface area contributed by atoms with Crippen LogP contribution < -0.4 is 0 Å². The average Bonchev–Trinajstić information content (AvgIpc) is 2.73. The van der Waals surface area contributed by atoms with E-state index in [9.17, 15) is 4.79 Å². The van der Waals surface area contributed by atoms with Gasteiger partial charge in [-0.3, -0.25) is 4.79 Å². The largest absolute Gasteiger partial charge is 0.340 e. The lowest BCUT2D eigenvalue weighted by atomic mass is 9.91. The van der Waals surface area contributed by atoms with Crippen molar-refractivity contribution in [3.63, 3.8) is 0 Å². The highest BCUT2D eigenvalue weighted by atomic mass is 35.5. The second-order valence-electron chi connectivity index (χ2n) is 4.56. The maximum absolute atomic E-state index is 12.1. The van der Waals surface area contributed by atoms with Gasteiger partial charge in [0.1, 0.15) is 10.8 Å². The lowest BCUT2D eigenvalue weighted by Gasteiger charge is -2.44. The summed E-state index contributed by atoms with van der Waals surface area (Å²) in [6, 6.07) is 2.06. The van der Waals surface area contributed by atoms with Crippen LogP contribution in [0.4, 0.5) is 0 Å². The molecule has 0 spiro atoms. The van der Waals surface area contributed by atoms with E-state index in [1.165, 1.54) is 12.8 Å². The summed E-state index contributed by atoms with van der Waals surface area (Å²) in [5.74, 6) is 0.752. The van der Waals surface area contributed by atoms with Crippen molar-refractivity contribution in [1.29, 1.82) is 0 Å². The average molecular weight is 259 g/mol. The maximum atomic E-state index is 12.1. The van der Waals surface area contributed by atoms with Gasteiger partial charge in [-0.1, -0.05) is 29.6 Å². The van der Waals surface area contributed by atoms with Gasteiger partial charge in [0.2, 0.25) is 0 Å². The zero-order valence-electron chi connectivity index (χ0n) is 8.67. The van der Waals surface area contributed by atoms with Gasteiger partial charge >= 0.3 is 0 Å². The summed E-state index contributed by atoms with van der Waals surface area (Å²) in [5, 5.41) is 0.752. The van der Waals surface area contributed by atoms with Crippen LogP contribution in [-0.2, 0) is 0 Å². The molecule has 1 aliphatic heterocycles. The van der Waals surface area contributed by atoms with Crippen LogP contribution in [0.2, 0.25) is 10.2 Å². The molecule has 86 valence electrons. The third kappa shape index (κ3) is 1.45. The van der Waals surface area contributed by atoms with Crippen molar-refractivity contribution >= 4 is 29.1 Å². The Hall–Kier alpha value is -0.670. The van der Waals surface area contributed by atoms with Crippen LogP contribution >= 0.6 is 23.2 Å². The molecule has 1 aromatic heterocycles. The second kappa shape index (κ2) is 3.67. The summed E-state index contributed by atoms with van der Waals surface area (Å²) in [4.78, 5) is 16.9. The molecular formula is C11H12Cl2N2O. The number of hydrogen-bond acceptors (Lipinski definition) is 1. The molecule has 1 N–H and O–H groups in total. The van der Waals surface area contributed by atoms with Crippen molar-refractivity contribution in [2.24, 2.45) is 5.92 Å². The van der Waals surface area contributed by atoms with Crippen molar-refractivity contribution in [2.45, 2.75) is 25.3 Å². The van der Waals surface area contributed by atoms with Gasteiger partial charge in [0, 0.05) is 12.6 Å². The van der Waals surface area contributed by atoms with E-state index in [0.717, 1.165) is 18.9 Å². The molecule has 1 aliphatic carbocycles. The number of H-pyrrole nitrogens is 1. The number of halogens is 2. The van der Waals surface area contributed by atoms with Crippen molar-refractivity contribution in [3.8, 4) is 0 Å². The number of rotatable bonds is 1. The van der Waals surface area contributed by atoms with Gasteiger partial charge < -0.3 is 9.88 Å². The first-order valence-corrected chi connectivity index (χ1v) is 6.27. The van der Waals surface area contributed by atoms with E-state index < -0.39 is 0 Å². The number of hydrogen-bond donors (Lipinski definition) is 1. The molecule has 2 aliphatic rings. The molecule has 1 saturated carbocycles. The van der Waals surface area contributed by atoms with E-state index in [4.69, 9.17) is 23.2 Å². The molecule has 2 atom stereocenters. The van der Waals surface area contributed by atoms with Crippen LogP contribution in [0.1, 0.15) is 29.8 Å². The second-order valence-corrected chi connectivity index (χ2v) is 5.35. The molecule has 2 heterocycles. The summed E-state index contributed by atoms with van der Waals surface area (Å²) < 4.78 is 0. The summed E-state index contributed by atoms with van der Waals surface area (Å²) in [5.41, 5.74) is 0.500. The molecule has 2 fully saturated rings. The topological polar surface area (TPSA) is 36.1 Å². The van der Waals surface area contributed by atoms with Crippen LogP contribution in [-0.4, -0.2) is 28.4 Å². The number of amides is 1. The van der Waals surface area contributed by atoms with Gasteiger partial charge in [0.25, 0.3) is 5.91 Å². The van der Waals surface area contributed by atoms with E-state index in [1.807, 2.05) is 4.90 Å². The number of fused-ring (bicyclic) bond motifs is 1. The van der Waals surface area contributed by atoms with Crippen molar-refractivity contribution in [3.05, 3.63) is 21.9 Å². The Labute approximate surface area is 104 Å². The van der Waals surface area contributed by atoms with Crippen LogP contribution in [0.5, 0.6) is 0 Å². The molecule has 1 amide bonds. The molecule has 0 bridgehead atoms. The van der Waals surface area contributed by atoms with E-state index in [2.05, 4.69) is 4.98 Å². The third-order valence-electron chi connectivity index (χ3n) is 3.67. The molecule has 16 heavy (non-hydrogen) atoms. The van der Waals surface area contributed by atoms with Crippen molar-refractivity contribution < 1.29 is 4.79 Å². The molecule has 3 nitrogen and oxygen atoms in total. The number of nitrogens with one attached hydrogen (secondary N) is 1. The van der Waals surface area contributed by atoms with Gasteiger partial charge in [-0.05, 0) is 24.8 Å². The third-order valence-corrected chi connectivity index (χ3v) is 4.36. The Morgan fingerprint density at radius 1 is 1.44 bits per heavy atom. The highest BCUT2D eigenvalue weighted by Crippen LogP contribution is 2.39. The quantitative estimate of drug-likeness (QED) is 0.826. The Morgan fingerprint density at radius 3 is 2.88 bits per heavy atom. The maximum Gasteiger partial charge on any atom is 0.270 e. The summed E-state index contributed by atoms with van der Waals surface area (Å²) in [7, 11) is 0. The van der Waals surface area contributed by atoms with Crippen molar-refractivity contribution in [1.82, 2.24) is 9.88 Å². The number of nitrogens with zero attached hydrogens (tertiary/aromatic N) is 1. The zero-order valence-corrected chi connectivity index (χ0v) is 10.2. The predicted molar refractivity (Wildman–Crippen MR) is 63.0 cm³/mol. The van der Waals surface area contributed by atoms with E-state index in [0.29, 0.717) is 21.9 Å². The van der Waals surface area contributed by atoms with Crippen LogP contribution in [0.3, 0.4) is 0 Å². The normalized spacial score (nSPS) is 27.8. The molecule has 0 aromatic carbocycles. The minimum Gasteiger partial charge on any atom is -0.340 e. The smallest absolute Gasteiger partial charge is 0.270 e. The number of aromatic nitrogens is 1. The molecule has 5 heteroatoms. The first kappa shape index (κ1) is 10.5. The predicted octanol–water partition coefficient (Wildman–Crippen LogP) is 2.95. The highest BCUT2D eigenvalue weighted by Gasteiger charge is 2.44. The molecule has 1 aromatic rings. The summed E-state index contributed by atoms with van der Waals surface area (Å²) in [6.45, 7) is 0.887. The molecule has 2 unspecified atom stereocenters. The molecule has 3 rings (SSSR count). The van der Waals surface area contributed by atoms with Gasteiger partial charge in [-0.15, -0.1) is 0 Å². The first-order valence-electron chi connectivity index (χ1n) is 5.52. The Bertz CT molecular complexity index is 424.